The number of hydrogen-bond acceptors (Lipinski definition) is 0. The van der Waals surface area contributed by atoms with Crippen molar-refractivity contribution in [2.45, 2.75) is 46.2 Å². The molecule has 1 aliphatic heterocycles. The van der Waals surface area contributed by atoms with Crippen molar-refractivity contribution in [3.8, 4) is 44.5 Å². The normalized spacial score (nSPS) is 14.3. The molecule has 1 aliphatic rings. The molecule has 0 bridgehead atoms. The van der Waals surface area contributed by atoms with Crippen LogP contribution in [0.2, 0.25) is 13.1 Å². The molecule has 2 unspecified atom stereocenters. The van der Waals surface area contributed by atoms with Crippen LogP contribution in [0.3, 0.4) is 0 Å². The zero-order valence-corrected chi connectivity index (χ0v) is 33.5. The third-order valence-electron chi connectivity index (χ3n) is 13.2. The third kappa shape index (κ3) is 5.17. The molecule has 0 saturated carbocycles. The topological polar surface area (TPSA) is 0 Å². The average Bonchev–Trinajstić information content (AvgIpc) is 3.46. The van der Waals surface area contributed by atoms with Gasteiger partial charge in [0.1, 0.15) is 8.07 Å². The summed E-state index contributed by atoms with van der Waals surface area (Å²) in [5.74, 6) is 1.06. The van der Waals surface area contributed by atoms with Crippen LogP contribution in [0.4, 0.5) is 0 Å². The first-order valence-corrected chi connectivity index (χ1v) is 23.1. The molecule has 1 heteroatoms. The van der Waals surface area contributed by atoms with E-state index in [0.29, 0.717) is 11.8 Å². The molecule has 10 rings (SSSR count). The molecule has 0 amide bonds. The lowest BCUT2D eigenvalue weighted by Gasteiger charge is -2.24. The molecule has 0 aliphatic carbocycles. The van der Waals surface area contributed by atoms with Crippen LogP contribution in [-0.2, 0) is 0 Å². The molecular formula is C54H46Si. The Morgan fingerprint density at radius 3 is 1.85 bits per heavy atom. The third-order valence-corrected chi connectivity index (χ3v) is 16.7. The lowest BCUT2D eigenvalue weighted by Crippen LogP contribution is -2.49. The summed E-state index contributed by atoms with van der Waals surface area (Å²) >= 11 is 0. The Morgan fingerprint density at radius 2 is 1.02 bits per heavy atom. The maximum atomic E-state index is 2.63. The summed E-state index contributed by atoms with van der Waals surface area (Å²) in [6.07, 6.45) is 1.16. The zero-order valence-electron chi connectivity index (χ0n) is 32.5. The van der Waals surface area contributed by atoms with Crippen LogP contribution in [0.25, 0.3) is 87.6 Å². The Bertz CT molecular complexity index is 2960. The van der Waals surface area contributed by atoms with E-state index in [0.717, 1.165) is 6.42 Å². The van der Waals surface area contributed by atoms with Crippen LogP contribution < -0.4 is 10.4 Å². The van der Waals surface area contributed by atoms with E-state index in [4.69, 9.17) is 0 Å². The van der Waals surface area contributed by atoms with Crippen LogP contribution in [0.5, 0.6) is 0 Å². The second-order valence-electron chi connectivity index (χ2n) is 16.4. The van der Waals surface area contributed by atoms with Crippen molar-refractivity contribution >= 4 is 61.5 Å². The highest BCUT2D eigenvalue weighted by molar-refractivity contribution is 7.04. The van der Waals surface area contributed by atoms with Gasteiger partial charge in [0.15, 0.2) is 0 Å². The maximum Gasteiger partial charge on any atom is 0.113 e. The van der Waals surface area contributed by atoms with Gasteiger partial charge in [-0.05, 0) is 128 Å². The van der Waals surface area contributed by atoms with Gasteiger partial charge in [0.2, 0.25) is 0 Å². The van der Waals surface area contributed by atoms with Gasteiger partial charge in [0, 0.05) is 0 Å². The molecule has 0 fully saturated rings. The van der Waals surface area contributed by atoms with Crippen LogP contribution >= 0.6 is 0 Å². The van der Waals surface area contributed by atoms with Gasteiger partial charge < -0.3 is 0 Å². The van der Waals surface area contributed by atoms with E-state index >= 15 is 0 Å². The highest BCUT2D eigenvalue weighted by atomic mass is 28.3. The minimum atomic E-state index is -1.98. The quantitative estimate of drug-likeness (QED) is 0.118. The number of hydrogen-bond donors (Lipinski definition) is 0. The van der Waals surface area contributed by atoms with Crippen molar-refractivity contribution in [1.29, 1.82) is 0 Å². The summed E-state index contributed by atoms with van der Waals surface area (Å²) < 4.78 is 0. The largest absolute Gasteiger partial charge is 0.113 e. The van der Waals surface area contributed by atoms with Gasteiger partial charge in [-0.15, -0.1) is 0 Å². The molecule has 9 aromatic carbocycles. The standard InChI is InChI=1S/C54H46Si/c1-6-34(2)35(3)39-23-15-25-42-41(39)24-16-27-45(42)53-46-30-29-38(36-17-8-7-9-18-36)31-48(46)54(44-26-14-20-37-19-10-11-21-40(37)44)50-33-52-47(32-49(50)53)43-22-12-13-28-51(43)55(52,4)5/h7-35H,6H2,1-5H3. The molecule has 1 heterocycles. The number of fused-ring (bicyclic) bond motifs is 7. The van der Waals surface area contributed by atoms with Crippen molar-refractivity contribution in [3.63, 3.8) is 0 Å². The summed E-state index contributed by atoms with van der Waals surface area (Å²) in [4.78, 5) is 0. The molecule has 0 nitrogen and oxygen atoms in total. The predicted molar refractivity (Wildman–Crippen MR) is 243 cm³/mol. The van der Waals surface area contributed by atoms with Gasteiger partial charge in [-0.3, -0.25) is 0 Å². The van der Waals surface area contributed by atoms with Crippen LogP contribution in [0, 0.1) is 5.92 Å². The summed E-state index contributed by atoms with van der Waals surface area (Å²) in [5, 5.41) is 13.6. The first-order chi connectivity index (χ1) is 26.8. The molecule has 0 spiro atoms. The van der Waals surface area contributed by atoms with E-state index in [2.05, 4.69) is 198 Å². The SMILES string of the molecule is CCC(C)C(C)c1cccc2c(-c3c4ccc(-c5ccccc5)cc4c(-c4cccc5ccccc45)c4cc5c(cc34)-c3ccccc3[Si]5(C)C)cccc12. The van der Waals surface area contributed by atoms with Crippen molar-refractivity contribution < 1.29 is 0 Å². The second-order valence-corrected chi connectivity index (χ2v) is 20.8. The average molecular weight is 723 g/mol. The van der Waals surface area contributed by atoms with E-state index in [1.54, 1.807) is 5.19 Å². The Kier molecular flexibility index (Phi) is 7.94. The molecule has 9 aromatic rings. The fraction of sp³-hybridized carbons (Fsp3) is 0.148. The summed E-state index contributed by atoms with van der Waals surface area (Å²) in [5.41, 5.74) is 12.0. The lowest BCUT2D eigenvalue weighted by atomic mass is 9.80. The first kappa shape index (κ1) is 33.8. The van der Waals surface area contributed by atoms with E-state index in [1.807, 2.05) is 0 Å². The fourth-order valence-corrected chi connectivity index (χ4v) is 12.9. The Balaban J connectivity index is 1.41. The molecule has 55 heavy (non-hydrogen) atoms. The van der Waals surface area contributed by atoms with Crippen LogP contribution in [-0.4, -0.2) is 8.07 Å². The molecule has 0 N–H and O–H groups in total. The van der Waals surface area contributed by atoms with Gasteiger partial charge in [-0.25, -0.2) is 0 Å². The van der Waals surface area contributed by atoms with Gasteiger partial charge in [0.25, 0.3) is 0 Å². The Morgan fingerprint density at radius 1 is 0.418 bits per heavy atom. The zero-order chi connectivity index (χ0) is 37.4. The highest BCUT2D eigenvalue weighted by Gasteiger charge is 2.38. The number of rotatable bonds is 6. The molecular weight excluding hydrogens is 677 g/mol. The summed E-state index contributed by atoms with van der Waals surface area (Å²) in [6, 6.07) is 62.4. The predicted octanol–water partition coefficient (Wildman–Crippen LogP) is 14.3. The van der Waals surface area contributed by atoms with Gasteiger partial charge in [-0.1, -0.05) is 192 Å². The molecule has 0 saturated heterocycles. The Hall–Kier alpha value is -5.76. The molecule has 0 radical (unpaired) electrons. The van der Waals surface area contributed by atoms with Crippen LogP contribution in [0.15, 0.2) is 164 Å². The molecule has 0 aromatic heterocycles. The van der Waals surface area contributed by atoms with Crippen molar-refractivity contribution in [2.24, 2.45) is 5.92 Å². The van der Waals surface area contributed by atoms with Crippen molar-refractivity contribution in [1.82, 2.24) is 0 Å². The summed E-state index contributed by atoms with van der Waals surface area (Å²) in [6.45, 7) is 12.2. The molecule has 2 atom stereocenters. The second kappa shape index (κ2) is 12.9. The van der Waals surface area contributed by atoms with E-state index in [-0.39, 0.29) is 0 Å². The maximum absolute atomic E-state index is 2.63. The van der Waals surface area contributed by atoms with E-state index < -0.39 is 8.07 Å². The van der Waals surface area contributed by atoms with Gasteiger partial charge >= 0.3 is 0 Å². The fourth-order valence-electron chi connectivity index (χ4n) is 9.86. The van der Waals surface area contributed by atoms with E-state index in [9.17, 15) is 0 Å². The van der Waals surface area contributed by atoms with E-state index in [1.165, 1.54) is 98.3 Å². The monoisotopic (exact) mass is 722 g/mol. The minimum Gasteiger partial charge on any atom is -0.0651 e. The lowest BCUT2D eigenvalue weighted by molar-refractivity contribution is 0.475. The van der Waals surface area contributed by atoms with Crippen LogP contribution in [0.1, 0.15) is 38.7 Å². The number of benzene rings is 9. The highest BCUT2D eigenvalue weighted by Crippen LogP contribution is 2.49. The molecule has 266 valence electrons. The minimum absolute atomic E-state index is 0.464. The smallest absolute Gasteiger partial charge is 0.0651 e. The van der Waals surface area contributed by atoms with Gasteiger partial charge in [0.05, 0.1) is 0 Å². The summed E-state index contributed by atoms with van der Waals surface area (Å²) in [7, 11) is -1.98. The first-order valence-electron chi connectivity index (χ1n) is 20.1. The Labute approximate surface area is 326 Å². The van der Waals surface area contributed by atoms with Crippen molar-refractivity contribution in [2.75, 3.05) is 0 Å². The van der Waals surface area contributed by atoms with Crippen molar-refractivity contribution in [3.05, 3.63) is 169 Å². The van der Waals surface area contributed by atoms with Gasteiger partial charge in [-0.2, -0.15) is 0 Å².